The van der Waals surface area contributed by atoms with Gasteiger partial charge in [-0.05, 0) is 78.5 Å². The van der Waals surface area contributed by atoms with Gasteiger partial charge in [-0.2, -0.15) is 0 Å². The van der Waals surface area contributed by atoms with Crippen LogP contribution in [0.3, 0.4) is 0 Å². The van der Waals surface area contributed by atoms with Crippen molar-refractivity contribution in [3.63, 3.8) is 0 Å². The third-order valence-corrected chi connectivity index (χ3v) is 12.0. The molecule has 0 fully saturated rings. The van der Waals surface area contributed by atoms with Crippen LogP contribution in [-0.2, 0) is 35.8 Å². The molecule has 1 amide bonds. The van der Waals surface area contributed by atoms with E-state index in [-0.39, 0.29) is 26.8 Å². The molecule has 3 aromatic heterocycles. The summed E-state index contributed by atoms with van der Waals surface area (Å²) in [5.74, 6) is -0.545. The second kappa shape index (κ2) is 19.8. The maximum atomic E-state index is 13.1. The standard InChI is InChI=1S/C23H22N4O6S5.C4H4O.2C2H6/c1-24-37(30,31)20-10-8-17(9-11-20)25-23(28)16-6-7-18(26-36(29)21-4-2-12-34-21)15-19(14-16)27-38(32,33)22-5-3-13-35-22;1-2-4-5-3-1;2*1-2/h2-6,8-15,24,26-27H,7H2,1H3,(H,25,28);1-4H;2*1-2H3. The Morgan fingerprint density at radius 2 is 1.47 bits per heavy atom. The first-order chi connectivity index (χ1) is 22.6. The van der Waals surface area contributed by atoms with Gasteiger partial charge in [-0.25, -0.2) is 25.8 Å². The van der Waals surface area contributed by atoms with E-state index in [4.69, 9.17) is 0 Å². The number of rotatable bonds is 10. The van der Waals surface area contributed by atoms with Crippen LogP contribution < -0.4 is 19.5 Å². The molecule has 4 N–H and O–H groups in total. The summed E-state index contributed by atoms with van der Waals surface area (Å²) < 4.78 is 75.2. The van der Waals surface area contributed by atoms with Crippen LogP contribution in [0.25, 0.3) is 0 Å². The van der Waals surface area contributed by atoms with Crippen molar-refractivity contribution >= 4 is 65.3 Å². The Labute approximate surface area is 287 Å². The molecule has 0 aliphatic heterocycles. The highest BCUT2D eigenvalue weighted by molar-refractivity contribution is 7.91. The monoisotopic (exact) mass is 738 g/mol. The first-order valence-corrected chi connectivity index (χ1v) is 20.2. The lowest BCUT2D eigenvalue weighted by Crippen LogP contribution is -2.23. The van der Waals surface area contributed by atoms with E-state index in [1.54, 1.807) is 47.6 Å². The first kappa shape index (κ1) is 39.4. The summed E-state index contributed by atoms with van der Waals surface area (Å²) >= 11 is 2.35. The highest BCUT2D eigenvalue weighted by atomic mass is 32.2. The lowest BCUT2D eigenvalue weighted by Gasteiger charge is -2.10. The summed E-state index contributed by atoms with van der Waals surface area (Å²) in [4.78, 5) is 13.1. The van der Waals surface area contributed by atoms with E-state index < -0.39 is 36.9 Å². The maximum absolute atomic E-state index is 13.1. The number of carbonyl (C=O) groups is 1. The van der Waals surface area contributed by atoms with E-state index in [2.05, 4.69) is 23.9 Å². The van der Waals surface area contributed by atoms with Gasteiger partial charge in [0.05, 0.1) is 23.1 Å². The number of benzene rings is 1. The number of carbonyl (C=O) groups excluding carboxylic acids is 1. The predicted octanol–water partition coefficient (Wildman–Crippen LogP) is 6.38. The van der Waals surface area contributed by atoms with Gasteiger partial charge in [0.1, 0.15) is 8.42 Å². The molecule has 254 valence electrons. The third kappa shape index (κ3) is 12.4. The largest absolute Gasteiger partial charge is 0.473 e. The molecule has 1 aliphatic rings. The molecule has 1 aromatic carbocycles. The van der Waals surface area contributed by atoms with E-state index in [0.29, 0.717) is 15.6 Å². The topological polar surface area (TPSA) is 164 Å². The molecule has 1 unspecified atom stereocenters. The van der Waals surface area contributed by atoms with Gasteiger partial charge in [-0.15, -0.1) is 22.7 Å². The highest BCUT2D eigenvalue weighted by Gasteiger charge is 2.20. The van der Waals surface area contributed by atoms with Gasteiger partial charge < -0.3 is 14.5 Å². The molecule has 5 rings (SSSR count). The van der Waals surface area contributed by atoms with Crippen LogP contribution in [0, 0.1) is 0 Å². The summed E-state index contributed by atoms with van der Waals surface area (Å²) in [7, 11) is -7.83. The van der Waals surface area contributed by atoms with Crippen molar-refractivity contribution < 1.29 is 30.3 Å². The van der Waals surface area contributed by atoms with Gasteiger partial charge in [-0.1, -0.05) is 45.9 Å². The molecule has 0 saturated carbocycles. The van der Waals surface area contributed by atoms with Crippen molar-refractivity contribution in [3.05, 3.63) is 119 Å². The Bertz CT molecular complexity index is 1830. The molecule has 3 heterocycles. The number of allylic oxidation sites excluding steroid dienone is 2. The number of nitrogens with one attached hydrogen (secondary N) is 4. The van der Waals surface area contributed by atoms with Crippen molar-refractivity contribution in [1.29, 1.82) is 0 Å². The number of hydrogen-bond acceptors (Lipinski definition) is 9. The van der Waals surface area contributed by atoms with Crippen molar-refractivity contribution in [1.82, 2.24) is 14.2 Å². The molecule has 16 heteroatoms. The Balaban J connectivity index is 0.000000755. The van der Waals surface area contributed by atoms with Crippen LogP contribution in [0.5, 0.6) is 0 Å². The molecule has 0 radical (unpaired) electrons. The minimum atomic E-state index is -3.92. The number of amides is 1. The van der Waals surface area contributed by atoms with Gasteiger partial charge in [0.25, 0.3) is 15.9 Å². The number of anilines is 1. The Kier molecular flexibility index (Phi) is 16.6. The summed E-state index contributed by atoms with van der Waals surface area (Å²) in [6.07, 6.45) is 7.86. The normalized spacial score (nSPS) is 13.2. The van der Waals surface area contributed by atoms with E-state index in [0.717, 1.165) is 11.3 Å². The smallest absolute Gasteiger partial charge is 0.271 e. The molecule has 47 heavy (non-hydrogen) atoms. The van der Waals surface area contributed by atoms with Crippen molar-refractivity contribution in [3.8, 4) is 0 Å². The molecule has 11 nitrogen and oxygen atoms in total. The van der Waals surface area contributed by atoms with Crippen LogP contribution in [0.15, 0.2) is 137 Å². The van der Waals surface area contributed by atoms with E-state index in [1.807, 2.05) is 39.8 Å². The van der Waals surface area contributed by atoms with Gasteiger partial charge in [0.2, 0.25) is 10.0 Å². The van der Waals surface area contributed by atoms with Crippen LogP contribution in [0.4, 0.5) is 5.69 Å². The summed E-state index contributed by atoms with van der Waals surface area (Å²) in [5, 5.41) is 6.11. The second-order valence-electron chi connectivity index (χ2n) is 8.45. The number of sulfonamides is 2. The molecular formula is C31H38N4O7S5. The molecule has 0 bridgehead atoms. The third-order valence-electron chi connectivity index (χ3n) is 5.48. The van der Waals surface area contributed by atoms with E-state index in [1.165, 1.54) is 60.9 Å². The zero-order chi connectivity index (χ0) is 34.9. The van der Waals surface area contributed by atoms with Crippen molar-refractivity contribution in [2.75, 3.05) is 12.4 Å². The average molecular weight is 739 g/mol. The fourth-order valence-electron chi connectivity index (χ4n) is 3.45. The van der Waals surface area contributed by atoms with Gasteiger partial charge in [0.15, 0.2) is 11.0 Å². The number of thiophene rings is 2. The first-order valence-electron chi connectivity index (χ1n) is 14.3. The summed E-state index contributed by atoms with van der Waals surface area (Å²) in [6, 6.07) is 15.8. The molecule has 1 atom stereocenters. The summed E-state index contributed by atoms with van der Waals surface area (Å²) in [6.45, 7) is 8.00. The van der Waals surface area contributed by atoms with Crippen LogP contribution in [0.2, 0.25) is 0 Å². The summed E-state index contributed by atoms with van der Waals surface area (Å²) in [5.41, 5.74) is 1.02. The maximum Gasteiger partial charge on any atom is 0.271 e. The zero-order valence-corrected chi connectivity index (χ0v) is 30.5. The Hall–Kier alpha value is -3.80. The van der Waals surface area contributed by atoms with Gasteiger partial charge >= 0.3 is 0 Å². The lowest BCUT2D eigenvalue weighted by atomic mass is 10.2. The van der Waals surface area contributed by atoms with E-state index >= 15 is 0 Å². The lowest BCUT2D eigenvalue weighted by molar-refractivity contribution is -0.112. The fraction of sp³-hybridized carbons (Fsp3) is 0.194. The average Bonchev–Trinajstić information content (AvgIpc) is 3.89. The van der Waals surface area contributed by atoms with Gasteiger partial charge in [0, 0.05) is 23.4 Å². The van der Waals surface area contributed by atoms with Crippen molar-refractivity contribution in [2.24, 2.45) is 0 Å². The molecule has 0 saturated heterocycles. The van der Waals surface area contributed by atoms with Crippen molar-refractivity contribution in [2.45, 2.75) is 47.4 Å². The second-order valence-corrected chi connectivity index (χ2v) is 15.6. The SMILES string of the molecule is CC.CC.CNS(=O)(=O)c1ccc(NC(=O)C2=CCC(NS(=O)c3cccs3)=CC(NS(=O)(=O)c3cccs3)=C2)cc1.c1ccoc1. The Morgan fingerprint density at radius 1 is 0.830 bits per heavy atom. The quantitative estimate of drug-likeness (QED) is 0.147. The highest BCUT2D eigenvalue weighted by Crippen LogP contribution is 2.22. The van der Waals surface area contributed by atoms with E-state index in [9.17, 15) is 25.8 Å². The van der Waals surface area contributed by atoms with Crippen LogP contribution in [0.1, 0.15) is 34.1 Å². The van der Waals surface area contributed by atoms with Crippen LogP contribution >= 0.6 is 22.7 Å². The number of furan rings is 1. The van der Waals surface area contributed by atoms with Gasteiger partial charge in [-0.3, -0.25) is 9.52 Å². The minimum absolute atomic E-state index is 0.0375. The molecule has 4 aromatic rings. The molecule has 1 aliphatic carbocycles. The van der Waals surface area contributed by atoms with Crippen LogP contribution in [-0.4, -0.2) is 34.0 Å². The fourth-order valence-corrected chi connectivity index (χ4v) is 7.98. The predicted molar refractivity (Wildman–Crippen MR) is 190 cm³/mol. The Morgan fingerprint density at radius 3 is 2.00 bits per heavy atom. The zero-order valence-electron chi connectivity index (χ0n) is 26.4. The molecule has 0 spiro atoms. The number of hydrogen-bond donors (Lipinski definition) is 4. The minimum Gasteiger partial charge on any atom is -0.473 e. The molecular weight excluding hydrogens is 701 g/mol.